The van der Waals surface area contributed by atoms with Gasteiger partial charge >= 0.3 is 12.1 Å². The first-order chi connectivity index (χ1) is 15.0. The van der Waals surface area contributed by atoms with Crippen molar-refractivity contribution in [2.45, 2.75) is 52.7 Å². The zero-order chi connectivity index (χ0) is 23.7. The summed E-state index contributed by atoms with van der Waals surface area (Å²) in [5.74, 6) is -0.141. The molecule has 0 spiro atoms. The third-order valence-electron chi connectivity index (χ3n) is 4.79. The topological polar surface area (TPSA) is 103 Å². The molecule has 1 saturated heterocycles. The Hall–Kier alpha value is -2.81. The minimum atomic E-state index is -0.481. The third kappa shape index (κ3) is 9.13. The number of nitrogens with zero attached hydrogens (tertiary/aromatic N) is 2. The number of hydrogen-bond acceptors (Lipinski definition) is 5. The van der Waals surface area contributed by atoms with E-state index >= 15 is 0 Å². The number of rotatable bonds is 7. The summed E-state index contributed by atoms with van der Waals surface area (Å²) in [6.07, 6.45) is 0.568. The Bertz CT molecular complexity index is 766. The van der Waals surface area contributed by atoms with Gasteiger partial charge in [-0.15, -0.1) is 0 Å². The van der Waals surface area contributed by atoms with Gasteiger partial charge < -0.3 is 25.6 Å². The van der Waals surface area contributed by atoms with Crippen molar-refractivity contribution in [1.29, 1.82) is 0 Å². The number of carbonyl (C=O) groups excluding carboxylic acids is 3. The van der Waals surface area contributed by atoms with Gasteiger partial charge in [-0.05, 0) is 71.8 Å². The average molecular weight is 448 g/mol. The predicted molar refractivity (Wildman–Crippen MR) is 125 cm³/mol. The summed E-state index contributed by atoms with van der Waals surface area (Å²) in [6, 6.07) is 6.57. The fraction of sp³-hybridized carbons (Fsp3) is 0.609. The molecule has 0 atom stereocenters. The number of nitrogens with one attached hydrogen (secondary N) is 3. The Labute approximate surface area is 190 Å². The van der Waals surface area contributed by atoms with Crippen molar-refractivity contribution in [3.05, 3.63) is 29.8 Å². The van der Waals surface area contributed by atoms with Crippen LogP contribution in [0.25, 0.3) is 0 Å². The fourth-order valence-corrected chi connectivity index (χ4v) is 3.22. The van der Waals surface area contributed by atoms with Crippen LogP contribution >= 0.6 is 0 Å². The van der Waals surface area contributed by atoms with Crippen molar-refractivity contribution in [3.63, 3.8) is 0 Å². The smallest absolute Gasteiger partial charge is 0.410 e. The second-order valence-corrected chi connectivity index (χ2v) is 9.25. The van der Waals surface area contributed by atoms with Crippen LogP contribution in [0.1, 0.15) is 51.4 Å². The zero-order valence-corrected chi connectivity index (χ0v) is 19.9. The van der Waals surface area contributed by atoms with Crippen LogP contribution in [0.2, 0.25) is 0 Å². The van der Waals surface area contributed by atoms with E-state index in [1.165, 1.54) is 0 Å². The Morgan fingerprint density at radius 1 is 1.03 bits per heavy atom. The maximum absolute atomic E-state index is 12.3. The molecular weight excluding hydrogens is 410 g/mol. The first-order valence-corrected chi connectivity index (χ1v) is 11.2. The van der Waals surface area contributed by atoms with Gasteiger partial charge in [-0.1, -0.05) is 0 Å². The first kappa shape index (κ1) is 25.5. The van der Waals surface area contributed by atoms with E-state index < -0.39 is 5.60 Å². The van der Waals surface area contributed by atoms with Crippen LogP contribution < -0.4 is 16.0 Å². The monoisotopic (exact) mass is 447 g/mol. The van der Waals surface area contributed by atoms with Crippen LogP contribution in [0.5, 0.6) is 0 Å². The van der Waals surface area contributed by atoms with E-state index in [9.17, 15) is 14.4 Å². The summed E-state index contributed by atoms with van der Waals surface area (Å²) in [7, 11) is 0. The van der Waals surface area contributed by atoms with E-state index in [2.05, 4.69) is 20.9 Å². The molecule has 0 saturated carbocycles. The van der Waals surface area contributed by atoms with Gasteiger partial charge in [0.25, 0.3) is 5.91 Å². The summed E-state index contributed by atoms with van der Waals surface area (Å²) < 4.78 is 5.42. The molecule has 2 rings (SSSR count). The molecule has 1 aliphatic heterocycles. The van der Waals surface area contributed by atoms with Gasteiger partial charge in [0.15, 0.2) is 0 Å². The highest BCUT2D eigenvalue weighted by atomic mass is 16.6. The van der Waals surface area contributed by atoms with Gasteiger partial charge in [-0.3, -0.25) is 9.69 Å². The Morgan fingerprint density at radius 3 is 2.22 bits per heavy atom. The Balaban J connectivity index is 1.64. The standard InChI is InChI=1S/C23H37N5O4/c1-17(2)25-21(30)26-19-9-7-18(8-10-19)20(29)24-11-6-12-27-13-15-28(16-14-27)22(31)32-23(3,4)5/h7-10,17H,6,11-16H2,1-5H3,(H,24,29)(H2,25,26,30). The van der Waals surface area contributed by atoms with E-state index in [0.717, 1.165) is 26.1 Å². The van der Waals surface area contributed by atoms with Crippen LogP contribution in [-0.2, 0) is 4.74 Å². The molecular formula is C23H37N5O4. The molecule has 0 aliphatic carbocycles. The van der Waals surface area contributed by atoms with Crippen LogP contribution in [0, 0.1) is 0 Å². The minimum absolute atomic E-state index is 0.0499. The van der Waals surface area contributed by atoms with E-state index in [-0.39, 0.29) is 24.1 Å². The minimum Gasteiger partial charge on any atom is -0.444 e. The van der Waals surface area contributed by atoms with Crippen LogP contribution in [0.4, 0.5) is 15.3 Å². The van der Waals surface area contributed by atoms with Gasteiger partial charge in [0.1, 0.15) is 5.60 Å². The summed E-state index contributed by atoms with van der Waals surface area (Å²) in [4.78, 5) is 40.2. The molecule has 1 fully saturated rings. The van der Waals surface area contributed by atoms with E-state index in [1.54, 1.807) is 29.2 Å². The summed E-state index contributed by atoms with van der Waals surface area (Å²) >= 11 is 0. The molecule has 9 heteroatoms. The lowest BCUT2D eigenvalue weighted by molar-refractivity contribution is 0.0144. The average Bonchev–Trinajstić information content (AvgIpc) is 2.70. The molecule has 1 heterocycles. The number of benzene rings is 1. The largest absolute Gasteiger partial charge is 0.444 e. The lowest BCUT2D eigenvalue weighted by Gasteiger charge is -2.35. The van der Waals surface area contributed by atoms with Crippen molar-refractivity contribution in [3.8, 4) is 0 Å². The Morgan fingerprint density at radius 2 is 1.66 bits per heavy atom. The molecule has 32 heavy (non-hydrogen) atoms. The molecule has 3 N–H and O–H groups in total. The van der Waals surface area contributed by atoms with Gasteiger partial charge in [0.05, 0.1) is 0 Å². The third-order valence-corrected chi connectivity index (χ3v) is 4.79. The number of piperazine rings is 1. The number of urea groups is 1. The lowest BCUT2D eigenvalue weighted by atomic mass is 10.2. The highest BCUT2D eigenvalue weighted by Gasteiger charge is 2.25. The second-order valence-electron chi connectivity index (χ2n) is 9.25. The molecule has 178 valence electrons. The van der Waals surface area contributed by atoms with E-state index in [0.29, 0.717) is 30.9 Å². The predicted octanol–water partition coefficient (Wildman–Crippen LogP) is 2.89. The molecule has 4 amide bonds. The van der Waals surface area contributed by atoms with Crippen molar-refractivity contribution < 1.29 is 19.1 Å². The summed E-state index contributed by atoms with van der Waals surface area (Å²) in [5.41, 5.74) is 0.696. The molecule has 0 aromatic heterocycles. The van der Waals surface area contributed by atoms with E-state index in [4.69, 9.17) is 4.74 Å². The Kier molecular flexibility index (Phi) is 9.31. The van der Waals surface area contributed by atoms with Crippen molar-refractivity contribution in [1.82, 2.24) is 20.4 Å². The quantitative estimate of drug-likeness (QED) is 0.558. The van der Waals surface area contributed by atoms with Gasteiger partial charge in [-0.25, -0.2) is 9.59 Å². The zero-order valence-electron chi connectivity index (χ0n) is 19.9. The molecule has 1 aliphatic rings. The van der Waals surface area contributed by atoms with Gasteiger partial charge in [0.2, 0.25) is 0 Å². The summed E-state index contributed by atoms with van der Waals surface area (Å²) in [6.45, 7) is 13.7. The van der Waals surface area contributed by atoms with Gasteiger partial charge in [0, 0.05) is 50.0 Å². The molecule has 0 unspecified atom stereocenters. The number of amides is 4. The first-order valence-electron chi connectivity index (χ1n) is 11.2. The fourth-order valence-electron chi connectivity index (χ4n) is 3.22. The molecule has 9 nitrogen and oxygen atoms in total. The number of hydrogen-bond donors (Lipinski definition) is 3. The van der Waals surface area contributed by atoms with Crippen LogP contribution in [0.3, 0.4) is 0 Å². The van der Waals surface area contributed by atoms with Crippen molar-refractivity contribution in [2.75, 3.05) is 44.6 Å². The number of anilines is 1. The second kappa shape index (κ2) is 11.7. The maximum atomic E-state index is 12.3. The maximum Gasteiger partial charge on any atom is 0.410 e. The van der Waals surface area contributed by atoms with Crippen molar-refractivity contribution in [2.24, 2.45) is 0 Å². The SMILES string of the molecule is CC(C)NC(=O)Nc1ccc(C(=O)NCCCN2CCN(C(=O)OC(C)(C)C)CC2)cc1. The van der Waals surface area contributed by atoms with Crippen LogP contribution in [-0.4, -0.2) is 78.7 Å². The number of ether oxygens (including phenoxy) is 1. The normalized spacial score (nSPS) is 14.8. The lowest BCUT2D eigenvalue weighted by Crippen LogP contribution is -2.50. The van der Waals surface area contributed by atoms with Crippen molar-refractivity contribution >= 4 is 23.7 Å². The van der Waals surface area contributed by atoms with E-state index in [1.807, 2.05) is 34.6 Å². The highest BCUT2D eigenvalue weighted by molar-refractivity contribution is 5.95. The molecule has 1 aromatic carbocycles. The molecule has 1 aromatic rings. The van der Waals surface area contributed by atoms with Crippen LogP contribution in [0.15, 0.2) is 24.3 Å². The van der Waals surface area contributed by atoms with Gasteiger partial charge in [-0.2, -0.15) is 0 Å². The molecule has 0 radical (unpaired) electrons. The number of carbonyl (C=O) groups is 3. The molecule has 0 bridgehead atoms. The highest BCUT2D eigenvalue weighted by Crippen LogP contribution is 2.12. The summed E-state index contributed by atoms with van der Waals surface area (Å²) in [5, 5.41) is 8.40.